The first-order valence-corrected chi connectivity index (χ1v) is 6.06. The van der Waals surface area contributed by atoms with E-state index in [-0.39, 0.29) is 0 Å². The molecular weight excluding hydrogens is 198 g/mol. The second-order valence-electron chi connectivity index (χ2n) is 4.46. The van der Waals surface area contributed by atoms with E-state index in [9.17, 15) is 0 Å². The molecule has 0 aromatic heterocycles. The van der Waals surface area contributed by atoms with Crippen LogP contribution in [-0.2, 0) is 0 Å². The van der Waals surface area contributed by atoms with E-state index >= 15 is 0 Å². The first-order chi connectivity index (χ1) is 7.67. The van der Waals surface area contributed by atoms with Gasteiger partial charge in [-0.3, -0.25) is 0 Å². The molecule has 0 aliphatic rings. The standard InChI is InChI=1S/C14H23NO/c1-5-15(10-9-12(2)3)13-7-6-8-14(11-13)16-4/h6-8,11-12H,5,9-10H2,1-4H3. The molecule has 1 rings (SSSR count). The largest absolute Gasteiger partial charge is 0.497 e. The van der Waals surface area contributed by atoms with Crippen molar-refractivity contribution in [3.8, 4) is 5.75 Å². The van der Waals surface area contributed by atoms with Crippen molar-refractivity contribution in [1.29, 1.82) is 0 Å². The van der Waals surface area contributed by atoms with E-state index in [4.69, 9.17) is 4.74 Å². The SMILES string of the molecule is CCN(CCC(C)C)c1cccc(OC)c1. The minimum absolute atomic E-state index is 0.750. The summed E-state index contributed by atoms with van der Waals surface area (Å²) in [7, 11) is 1.71. The van der Waals surface area contributed by atoms with E-state index in [1.165, 1.54) is 12.1 Å². The maximum atomic E-state index is 5.25. The maximum absolute atomic E-state index is 5.25. The van der Waals surface area contributed by atoms with Crippen LogP contribution in [0.2, 0.25) is 0 Å². The van der Waals surface area contributed by atoms with E-state index in [0.717, 1.165) is 24.8 Å². The Balaban J connectivity index is 2.70. The van der Waals surface area contributed by atoms with Crippen molar-refractivity contribution in [2.24, 2.45) is 5.92 Å². The van der Waals surface area contributed by atoms with Crippen LogP contribution < -0.4 is 9.64 Å². The van der Waals surface area contributed by atoms with Crippen LogP contribution in [0.3, 0.4) is 0 Å². The number of rotatable bonds is 6. The lowest BCUT2D eigenvalue weighted by Crippen LogP contribution is -2.24. The monoisotopic (exact) mass is 221 g/mol. The average Bonchev–Trinajstić information content (AvgIpc) is 2.30. The minimum Gasteiger partial charge on any atom is -0.497 e. The van der Waals surface area contributed by atoms with E-state index in [0.29, 0.717) is 0 Å². The molecule has 1 aromatic rings. The third kappa shape index (κ3) is 3.76. The zero-order valence-electron chi connectivity index (χ0n) is 10.9. The molecule has 0 bridgehead atoms. The summed E-state index contributed by atoms with van der Waals surface area (Å²) in [5, 5.41) is 0. The van der Waals surface area contributed by atoms with Gasteiger partial charge in [-0.05, 0) is 31.4 Å². The van der Waals surface area contributed by atoms with Gasteiger partial charge in [0.2, 0.25) is 0 Å². The summed E-state index contributed by atoms with van der Waals surface area (Å²) < 4.78 is 5.25. The molecule has 0 unspecified atom stereocenters. The predicted molar refractivity (Wildman–Crippen MR) is 70.3 cm³/mol. The number of hydrogen-bond donors (Lipinski definition) is 0. The summed E-state index contributed by atoms with van der Waals surface area (Å²) in [5.41, 5.74) is 1.25. The van der Waals surface area contributed by atoms with Crippen molar-refractivity contribution in [3.63, 3.8) is 0 Å². The van der Waals surface area contributed by atoms with Crippen LogP contribution in [0.5, 0.6) is 5.75 Å². The molecule has 0 fully saturated rings. The zero-order valence-corrected chi connectivity index (χ0v) is 10.9. The highest BCUT2D eigenvalue weighted by molar-refractivity contribution is 5.50. The van der Waals surface area contributed by atoms with Crippen LogP contribution >= 0.6 is 0 Å². The molecule has 0 spiro atoms. The molecule has 0 radical (unpaired) electrons. The molecule has 90 valence electrons. The first kappa shape index (κ1) is 12.9. The highest BCUT2D eigenvalue weighted by atomic mass is 16.5. The lowest BCUT2D eigenvalue weighted by Gasteiger charge is -2.24. The molecular formula is C14H23NO. The van der Waals surface area contributed by atoms with Gasteiger partial charge in [0.1, 0.15) is 5.75 Å². The topological polar surface area (TPSA) is 12.5 Å². The second kappa shape index (κ2) is 6.41. The van der Waals surface area contributed by atoms with Crippen molar-refractivity contribution in [2.45, 2.75) is 27.2 Å². The van der Waals surface area contributed by atoms with Gasteiger partial charge in [0, 0.05) is 24.8 Å². The maximum Gasteiger partial charge on any atom is 0.120 e. The van der Waals surface area contributed by atoms with Crippen LogP contribution in [0, 0.1) is 5.92 Å². The Morgan fingerprint density at radius 2 is 2.06 bits per heavy atom. The van der Waals surface area contributed by atoms with E-state index in [2.05, 4.69) is 37.8 Å². The van der Waals surface area contributed by atoms with Crippen molar-refractivity contribution >= 4 is 5.69 Å². The summed E-state index contributed by atoms with van der Waals surface area (Å²) in [6, 6.07) is 8.28. The Bertz CT molecular complexity index is 309. The lowest BCUT2D eigenvalue weighted by atomic mass is 10.1. The smallest absolute Gasteiger partial charge is 0.120 e. The molecule has 0 saturated carbocycles. The van der Waals surface area contributed by atoms with Gasteiger partial charge in [-0.1, -0.05) is 19.9 Å². The zero-order chi connectivity index (χ0) is 12.0. The molecule has 0 heterocycles. The number of benzene rings is 1. The van der Waals surface area contributed by atoms with E-state index < -0.39 is 0 Å². The van der Waals surface area contributed by atoms with Gasteiger partial charge in [-0.2, -0.15) is 0 Å². The van der Waals surface area contributed by atoms with Gasteiger partial charge in [0.25, 0.3) is 0 Å². The molecule has 0 N–H and O–H groups in total. The van der Waals surface area contributed by atoms with Gasteiger partial charge >= 0.3 is 0 Å². The molecule has 0 aliphatic heterocycles. The molecule has 2 nitrogen and oxygen atoms in total. The van der Waals surface area contributed by atoms with Crippen LogP contribution in [0.15, 0.2) is 24.3 Å². The third-order valence-corrected chi connectivity index (χ3v) is 2.78. The Morgan fingerprint density at radius 3 is 2.62 bits per heavy atom. The fourth-order valence-electron chi connectivity index (χ4n) is 1.69. The Morgan fingerprint density at radius 1 is 1.31 bits per heavy atom. The molecule has 0 amide bonds. The third-order valence-electron chi connectivity index (χ3n) is 2.78. The van der Waals surface area contributed by atoms with Gasteiger partial charge in [0.15, 0.2) is 0 Å². The van der Waals surface area contributed by atoms with Gasteiger partial charge in [-0.25, -0.2) is 0 Å². The summed E-state index contributed by atoms with van der Waals surface area (Å²) >= 11 is 0. The Kier molecular flexibility index (Phi) is 5.17. The van der Waals surface area contributed by atoms with Crippen molar-refractivity contribution in [3.05, 3.63) is 24.3 Å². The van der Waals surface area contributed by atoms with Crippen molar-refractivity contribution < 1.29 is 4.74 Å². The molecule has 2 heteroatoms. The van der Waals surface area contributed by atoms with Gasteiger partial charge in [0.05, 0.1) is 7.11 Å². The highest BCUT2D eigenvalue weighted by Gasteiger charge is 2.06. The van der Waals surface area contributed by atoms with Crippen LogP contribution in [0.25, 0.3) is 0 Å². The minimum atomic E-state index is 0.750. The summed E-state index contributed by atoms with van der Waals surface area (Å²) in [6.45, 7) is 8.87. The van der Waals surface area contributed by atoms with Crippen LogP contribution in [0.4, 0.5) is 5.69 Å². The number of nitrogens with zero attached hydrogens (tertiary/aromatic N) is 1. The fraction of sp³-hybridized carbons (Fsp3) is 0.571. The number of anilines is 1. The average molecular weight is 221 g/mol. The molecule has 0 atom stereocenters. The summed E-state index contributed by atoms with van der Waals surface area (Å²) in [4.78, 5) is 2.39. The van der Waals surface area contributed by atoms with Crippen LogP contribution in [-0.4, -0.2) is 20.2 Å². The number of hydrogen-bond acceptors (Lipinski definition) is 2. The van der Waals surface area contributed by atoms with Crippen molar-refractivity contribution in [1.82, 2.24) is 0 Å². The van der Waals surface area contributed by atoms with Gasteiger partial charge < -0.3 is 9.64 Å². The van der Waals surface area contributed by atoms with Crippen LogP contribution in [0.1, 0.15) is 27.2 Å². The predicted octanol–water partition coefficient (Wildman–Crippen LogP) is 3.57. The Hall–Kier alpha value is -1.18. The quantitative estimate of drug-likeness (QED) is 0.728. The Labute approximate surface area is 99.2 Å². The summed E-state index contributed by atoms with van der Waals surface area (Å²) in [6.07, 6.45) is 1.23. The first-order valence-electron chi connectivity index (χ1n) is 6.06. The lowest BCUT2D eigenvalue weighted by molar-refractivity contribution is 0.414. The number of methoxy groups -OCH3 is 1. The van der Waals surface area contributed by atoms with E-state index in [1.807, 2.05) is 12.1 Å². The van der Waals surface area contributed by atoms with Gasteiger partial charge in [-0.15, -0.1) is 0 Å². The second-order valence-corrected chi connectivity index (χ2v) is 4.46. The number of ether oxygens (including phenoxy) is 1. The normalized spacial score (nSPS) is 10.6. The molecule has 0 aliphatic carbocycles. The fourth-order valence-corrected chi connectivity index (χ4v) is 1.69. The van der Waals surface area contributed by atoms with Crippen molar-refractivity contribution in [2.75, 3.05) is 25.1 Å². The van der Waals surface area contributed by atoms with E-state index in [1.54, 1.807) is 7.11 Å². The summed E-state index contributed by atoms with van der Waals surface area (Å²) in [5.74, 6) is 1.68. The molecule has 16 heavy (non-hydrogen) atoms. The molecule has 1 aromatic carbocycles. The molecule has 0 saturated heterocycles. The highest BCUT2D eigenvalue weighted by Crippen LogP contribution is 2.21.